The molecule has 0 fully saturated rings. The van der Waals surface area contributed by atoms with Crippen LogP contribution in [0.1, 0.15) is 67.2 Å². The second kappa shape index (κ2) is 16.0. The van der Waals surface area contributed by atoms with Crippen LogP contribution in [-0.4, -0.2) is 34.4 Å². The molecule has 229 valence electrons. The van der Waals surface area contributed by atoms with Crippen molar-refractivity contribution in [1.82, 2.24) is 0 Å². The molecule has 3 nitrogen and oxygen atoms in total. The first-order valence-electron chi connectivity index (χ1n) is 15.7. The number of ether oxygens (including phenoxy) is 2. The second-order valence-electron chi connectivity index (χ2n) is 13.3. The summed E-state index contributed by atoms with van der Waals surface area (Å²) in [5, 5.41) is 2.57. The molecule has 2 aromatic rings. The van der Waals surface area contributed by atoms with E-state index in [2.05, 4.69) is 134 Å². The standard InChI is InChI=1S/C38H55O3Si/c1-10-18-32(41-42(38(6,7)8,33-19-14-12-15-20-33)34-21-16-13-17-22-34)27-37-30(5)23-25-35(29(3)4)36(37)26-24-31(11-2)40-28-39-9/h10-17,19-24,29,31-32,35-37H,1-2,18,25-28H2,3-9H3/t31-,32+,35+,36+,37-/m0/s1. The maximum absolute atomic E-state index is 7.68. The summed E-state index contributed by atoms with van der Waals surface area (Å²) < 4.78 is 18.7. The third kappa shape index (κ3) is 8.22. The summed E-state index contributed by atoms with van der Waals surface area (Å²) in [6.45, 7) is 22.6. The van der Waals surface area contributed by atoms with Gasteiger partial charge in [0.1, 0.15) is 6.79 Å². The first kappa shape index (κ1) is 34.2. The summed E-state index contributed by atoms with van der Waals surface area (Å²) in [4.78, 5) is 0. The molecule has 1 aliphatic carbocycles. The zero-order valence-electron chi connectivity index (χ0n) is 27.2. The van der Waals surface area contributed by atoms with Crippen molar-refractivity contribution in [2.45, 2.75) is 84.5 Å². The van der Waals surface area contributed by atoms with Crippen LogP contribution in [-0.2, 0) is 13.9 Å². The number of hydrogen-bond donors (Lipinski definition) is 0. The summed E-state index contributed by atoms with van der Waals surface area (Å²) in [6.07, 6.45) is 12.5. The van der Waals surface area contributed by atoms with Crippen LogP contribution in [0.25, 0.3) is 0 Å². The molecule has 1 radical (unpaired) electrons. The van der Waals surface area contributed by atoms with E-state index in [1.165, 1.54) is 15.9 Å². The van der Waals surface area contributed by atoms with Crippen LogP contribution < -0.4 is 10.4 Å². The zero-order chi connectivity index (χ0) is 30.8. The van der Waals surface area contributed by atoms with Crippen LogP contribution in [0.4, 0.5) is 0 Å². The highest BCUT2D eigenvalue weighted by Crippen LogP contribution is 2.45. The highest BCUT2D eigenvalue weighted by Gasteiger charge is 2.51. The smallest absolute Gasteiger partial charge is 0.261 e. The van der Waals surface area contributed by atoms with E-state index in [4.69, 9.17) is 13.9 Å². The van der Waals surface area contributed by atoms with Crippen molar-refractivity contribution in [3.63, 3.8) is 0 Å². The third-order valence-corrected chi connectivity index (χ3v) is 14.3. The molecule has 1 aliphatic rings. The number of benzene rings is 2. The Labute approximate surface area is 258 Å². The average Bonchev–Trinajstić information content (AvgIpc) is 2.97. The van der Waals surface area contributed by atoms with E-state index >= 15 is 0 Å². The third-order valence-electron chi connectivity index (χ3n) is 9.18. The minimum Gasteiger partial charge on any atom is -0.404 e. The Hall–Kier alpha value is -2.24. The largest absolute Gasteiger partial charge is 0.404 e. The molecule has 0 bridgehead atoms. The van der Waals surface area contributed by atoms with Crippen molar-refractivity contribution in [3.05, 3.63) is 104 Å². The lowest BCUT2D eigenvalue weighted by molar-refractivity contribution is -0.0476. The van der Waals surface area contributed by atoms with Gasteiger partial charge >= 0.3 is 0 Å². The molecule has 0 aromatic heterocycles. The van der Waals surface area contributed by atoms with Crippen LogP contribution in [0.3, 0.4) is 0 Å². The lowest BCUT2D eigenvalue weighted by Gasteiger charge is -2.47. The van der Waals surface area contributed by atoms with Gasteiger partial charge < -0.3 is 13.9 Å². The molecule has 5 atom stereocenters. The fourth-order valence-corrected chi connectivity index (χ4v) is 11.7. The van der Waals surface area contributed by atoms with E-state index in [0.29, 0.717) is 23.7 Å². The Morgan fingerprint density at radius 2 is 1.57 bits per heavy atom. The number of methoxy groups -OCH3 is 1. The lowest BCUT2D eigenvalue weighted by atomic mass is 9.65. The number of hydrogen-bond acceptors (Lipinski definition) is 3. The number of rotatable bonds is 16. The summed E-state index contributed by atoms with van der Waals surface area (Å²) >= 11 is 0. The van der Waals surface area contributed by atoms with Crippen molar-refractivity contribution in [2.24, 2.45) is 23.7 Å². The summed E-state index contributed by atoms with van der Waals surface area (Å²) in [7, 11) is -1.04. The summed E-state index contributed by atoms with van der Waals surface area (Å²) in [5.74, 6) is 2.10. The Balaban J connectivity index is 2.03. The van der Waals surface area contributed by atoms with Crippen molar-refractivity contribution >= 4 is 18.7 Å². The molecule has 0 spiro atoms. The Morgan fingerprint density at radius 1 is 0.976 bits per heavy atom. The van der Waals surface area contributed by atoms with E-state index in [1.54, 1.807) is 7.11 Å². The molecule has 0 saturated carbocycles. The molecule has 0 unspecified atom stereocenters. The maximum atomic E-state index is 7.68. The molecule has 0 aliphatic heterocycles. The topological polar surface area (TPSA) is 27.7 Å². The van der Waals surface area contributed by atoms with Gasteiger partial charge in [0.2, 0.25) is 0 Å². The van der Waals surface area contributed by atoms with Gasteiger partial charge in [0, 0.05) is 13.2 Å². The van der Waals surface area contributed by atoms with Crippen molar-refractivity contribution in [1.29, 1.82) is 0 Å². The van der Waals surface area contributed by atoms with Crippen molar-refractivity contribution in [3.8, 4) is 0 Å². The summed E-state index contributed by atoms with van der Waals surface area (Å²) in [6, 6.07) is 22.0. The van der Waals surface area contributed by atoms with Gasteiger partial charge in [-0.2, -0.15) is 0 Å². The molecule has 0 heterocycles. The summed E-state index contributed by atoms with van der Waals surface area (Å²) in [5.41, 5.74) is 1.48. The normalized spacial score (nSPS) is 21.0. The second-order valence-corrected chi connectivity index (χ2v) is 17.5. The fourth-order valence-electron chi connectivity index (χ4n) is 7.02. The molecule has 4 heteroatoms. The van der Waals surface area contributed by atoms with Gasteiger partial charge in [0.25, 0.3) is 8.32 Å². The Morgan fingerprint density at radius 3 is 2.05 bits per heavy atom. The molecule has 42 heavy (non-hydrogen) atoms. The van der Waals surface area contributed by atoms with Gasteiger partial charge in [0.15, 0.2) is 0 Å². The lowest BCUT2D eigenvalue weighted by Crippen LogP contribution is -2.67. The van der Waals surface area contributed by atoms with Crippen LogP contribution in [0, 0.1) is 30.1 Å². The van der Waals surface area contributed by atoms with Crippen molar-refractivity contribution < 1.29 is 13.9 Å². The Bertz CT molecular complexity index is 1080. The van der Waals surface area contributed by atoms with E-state index in [-0.39, 0.29) is 24.0 Å². The SMILES string of the molecule is C=CC[C@H](C[C@H]1C(C)=CC[C@H](C(C)C)[C@H]1C[CH][C@H](C=C)OCOC)O[Si](c1ccccc1)(c1ccccc1)C(C)(C)C. The van der Waals surface area contributed by atoms with Gasteiger partial charge in [-0.25, -0.2) is 0 Å². The monoisotopic (exact) mass is 587 g/mol. The van der Waals surface area contributed by atoms with E-state index < -0.39 is 8.32 Å². The number of allylic oxidation sites excluding steroid dienone is 2. The minimum atomic E-state index is -2.70. The first-order valence-corrected chi connectivity index (χ1v) is 17.6. The predicted molar refractivity (Wildman–Crippen MR) is 181 cm³/mol. The predicted octanol–water partition coefficient (Wildman–Crippen LogP) is 8.52. The molecular weight excluding hydrogens is 533 g/mol. The molecule has 0 saturated heterocycles. The van der Waals surface area contributed by atoms with Crippen molar-refractivity contribution in [2.75, 3.05) is 13.9 Å². The van der Waals surface area contributed by atoms with Crippen LogP contribution in [0.2, 0.25) is 5.04 Å². The highest BCUT2D eigenvalue weighted by atomic mass is 28.4. The van der Waals surface area contributed by atoms with Crippen LogP contribution in [0.5, 0.6) is 0 Å². The van der Waals surface area contributed by atoms with E-state index in [0.717, 1.165) is 25.7 Å². The van der Waals surface area contributed by atoms with Crippen LogP contribution in [0.15, 0.2) is 97.6 Å². The van der Waals surface area contributed by atoms with Gasteiger partial charge in [-0.1, -0.05) is 119 Å². The van der Waals surface area contributed by atoms with Gasteiger partial charge in [-0.15, -0.1) is 13.2 Å². The molecule has 2 aromatic carbocycles. The van der Waals surface area contributed by atoms with Gasteiger partial charge in [0.05, 0.1) is 6.10 Å². The quantitative estimate of drug-likeness (QED) is 0.112. The molecule has 3 rings (SSSR count). The minimum absolute atomic E-state index is 0.0514. The first-order chi connectivity index (χ1) is 20.1. The Kier molecular flexibility index (Phi) is 13.1. The zero-order valence-corrected chi connectivity index (χ0v) is 28.2. The van der Waals surface area contributed by atoms with Crippen LogP contribution >= 0.6 is 0 Å². The molecule has 0 amide bonds. The highest BCUT2D eigenvalue weighted by molar-refractivity contribution is 6.99. The average molecular weight is 588 g/mol. The van der Waals surface area contributed by atoms with E-state index in [1.807, 2.05) is 6.08 Å². The van der Waals surface area contributed by atoms with Gasteiger partial charge in [-0.3, -0.25) is 0 Å². The van der Waals surface area contributed by atoms with E-state index in [9.17, 15) is 0 Å². The molecule has 0 N–H and O–H groups in total. The fraction of sp³-hybridized carbons (Fsp3) is 0.500. The molecular formula is C38H55O3Si. The van der Waals surface area contributed by atoms with Gasteiger partial charge in [-0.05, 0) is 78.1 Å². The maximum Gasteiger partial charge on any atom is 0.261 e.